The molecule has 2 aliphatic rings. The number of hydrogen-bond donors (Lipinski definition) is 3. The molecular weight excluding hydrogens is 464 g/mol. The molecule has 37 heavy (non-hydrogen) atoms. The summed E-state index contributed by atoms with van der Waals surface area (Å²) in [7, 11) is 0. The summed E-state index contributed by atoms with van der Waals surface area (Å²) >= 11 is 0. The average Bonchev–Trinajstić information content (AvgIpc) is 3.45. The highest BCUT2D eigenvalue weighted by Gasteiger charge is 2.46. The number of phenolic OH excluding ortho intramolecular Hbond substituents is 1. The van der Waals surface area contributed by atoms with Crippen LogP contribution >= 0.6 is 0 Å². The summed E-state index contributed by atoms with van der Waals surface area (Å²) in [5.74, 6) is -1.49. The number of carbonyl (C=O) groups excluding carboxylic acids is 2. The quantitative estimate of drug-likeness (QED) is 0.197. The number of aryl methyl sites for hydroxylation is 2. The van der Waals surface area contributed by atoms with Gasteiger partial charge in [0.2, 0.25) is 0 Å². The van der Waals surface area contributed by atoms with E-state index >= 15 is 0 Å². The van der Waals surface area contributed by atoms with Crippen LogP contribution in [0.2, 0.25) is 0 Å². The predicted molar refractivity (Wildman–Crippen MR) is 142 cm³/mol. The van der Waals surface area contributed by atoms with Gasteiger partial charge in [0.15, 0.2) is 0 Å². The number of aliphatic hydroxyl groups excluding tert-OH is 1. The molecule has 1 amide bonds. The number of aliphatic hydroxyl groups is 1. The van der Waals surface area contributed by atoms with Crippen molar-refractivity contribution in [1.29, 1.82) is 0 Å². The van der Waals surface area contributed by atoms with E-state index in [1.165, 1.54) is 16.0 Å². The van der Waals surface area contributed by atoms with Crippen LogP contribution < -0.4 is 0 Å². The first-order valence-electron chi connectivity index (χ1n) is 12.8. The van der Waals surface area contributed by atoms with Gasteiger partial charge in [-0.2, -0.15) is 0 Å². The van der Waals surface area contributed by atoms with Crippen LogP contribution in [0.4, 0.5) is 0 Å². The Morgan fingerprint density at radius 2 is 1.76 bits per heavy atom. The van der Waals surface area contributed by atoms with Gasteiger partial charge in [-0.15, -0.1) is 0 Å². The summed E-state index contributed by atoms with van der Waals surface area (Å²) in [5, 5.41) is 22.7. The van der Waals surface area contributed by atoms with Crippen molar-refractivity contribution in [3.63, 3.8) is 0 Å². The third-order valence-electron chi connectivity index (χ3n) is 7.64. The highest BCUT2D eigenvalue weighted by Crippen LogP contribution is 2.41. The smallest absolute Gasteiger partial charge is 0.295 e. The van der Waals surface area contributed by atoms with E-state index in [-0.39, 0.29) is 23.6 Å². The summed E-state index contributed by atoms with van der Waals surface area (Å²) in [4.78, 5) is 31.5. The fraction of sp³-hybridized carbons (Fsp3) is 0.226. The van der Waals surface area contributed by atoms with Gasteiger partial charge < -0.3 is 20.1 Å². The van der Waals surface area contributed by atoms with Crippen LogP contribution in [0.15, 0.2) is 78.5 Å². The van der Waals surface area contributed by atoms with Gasteiger partial charge in [0.05, 0.1) is 11.6 Å². The lowest BCUT2D eigenvalue weighted by molar-refractivity contribution is -0.139. The van der Waals surface area contributed by atoms with Crippen LogP contribution in [0.3, 0.4) is 0 Å². The van der Waals surface area contributed by atoms with E-state index in [1.54, 1.807) is 24.3 Å². The molecule has 2 heterocycles. The Balaban J connectivity index is 1.41. The first-order valence-corrected chi connectivity index (χ1v) is 12.8. The number of aromatic amines is 1. The number of H-pyrrole nitrogens is 1. The number of carbonyl (C=O) groups is 2. The van der Waals surface area contributed by atoms with Crippen LogP contribution in [0.1, 0.15) is 46.7 Å². The largest absolute Gasteiger partial charge is 0.508 e. The van der Waals surface area contributed by atoms with Gasteiger partial charge in [-0.05, 0) is 78.6 Å². The van der Waals surface area contributed by atoms with E-state index in [9.17, 15) is 19.8 Å². The molecule has 1 aromatic heterocycles. The zero-order valence-corrected chi connectivity index (χ0v) is 20.4. The number of nitrogens with zero attached hydrogens (tertiary/aromatic N) is 1. The molecule has 0 radical (unpaired) electrons. The molecule has 186 valence electrons. The second-order valence-corrected chi connectivity index (χ2v) is 9.89. The Hall–Kier alpha value is -4.32. The number of phenols is 1. The third kappa shape index (κ3) is 4.08. The number of benzene rings is 3. The maximum atomic E-state index is 13.4. The minimum Gasteiger partial charge on any atom is -0.508 e. The van der Waals surface area contributed by atoms with Gasteiger partial charge in [-0.3, -0.25) is 9.59 Å². The van der Waals surface area contributed by atoms with Gasteiger partial charge in [-0.25, -0.2) is 0 Å². The van der Waals surface area contributed by atoms with E-state index in [0.29, 0.717) is 17.5 Å². The van der Waals surface area contributed by atoms with E-state index in [1.807, 2.05) is 48.7 Å². The first kappa shape index (κ1) is 23.1. The van der Waals surface area contributed by atoms with E-state index in [4.69, 9.17) is 0 Å². The fourth-order valence-corrected chi connectivity index (χ4v) is 5.77. The number of Topliss-reactive ketones (excluding diaryl/α,β-unsaturated/α-hetero) is 1. The van der Waals surface area contributed by atoms with Crippen LogP contribution in [0.5, 0.6) is 5.75 Å². The Bertz CT molecular complexity index is 1560. The number of aromatic nitrogens is 1. The lowest BCUT2D eigenvalue weighted by atomic mass is 9.88. The van der Waals surface area contributed by atoms with Crippen molar-refractivity contribution in [2.75, 3.05) is 6.54 Å². The third-order valence-corrected chi connectivity index (χ3v) is 7.64. The molecule has 1 unspecified atom stereocenters. The second kappa shape index (κ2) is 9.28. The number of aromatic hydroxyl groups is 1. The van der Waals surface area contributed by atoms with Gasteiger partial charge in [-0.1, -0.05) is 42.5 Å². The number of hydrogen-bond acceptors (Lipinski definition) is 4. The van der Waals surface area contributed by atoms with Gasteiger partial charge in [0, 0.05) is 29.2 Å². The molecule has 1 aliphatic carbocycles. The standard InChI is InChI=1S/C31H28N2O4/c34-24-9-5-8-21(17-24)28-27(29(35)22-13-12-19-6-1-2-7-20(19)16-22)30(36)31(37)33(28)15-14-23-18-32-26-11-4-3-10-25(23)26/h3-5,8-13,16-18,28,32,34-35H,1-2,6-7,14-15H2/b29-27-. The van der Waals surface area contributed by atoms with Crippen LogP contribution in [-0.4, -0.2) is 38.3 Å². The molecule has 6 rings (SSSR count). The van der Waals surface area contributed by atoms with Gasteiger partial charge in [0.1, 0.15) is 11.5 Å². The number of rotatable bonds is 5. The van der Waals surface area contributed by atoms with Crippen molar-refractivity contribution >= 4 is 28.4 Å². The molecule has 1 aliphatic heterocycles. The Morgan fingerprint density at radius 3 is 2.59 bits per heavy atom. The van der Waals surface area contributed by atoms with Crippen molar-refractivity contribution in [3.05, 3.63) is 106 Å². The maximum Gasteiger partial charge on any atom is 0.295 e. The molecule has 0 saturated carbocycles. The van der Waals surface area contributed by atoms with Crippen LogP contribution in [0.25, 0.3) is 16.7 Å². The topological polar surface area (TPSA) is 93.6 Å². The number of likely N-dealkylation sites (tertiary alicyclic amines) is 1. The highest BCUT2D eigenvalue weighted by molar-refractivity contribution is 6.46. The number of ketones is 1. The van der Waals surface area contributed by atoms with Crippen LogP contribution in [-0.2, 0) is 28.9 Å². The number of para-hydroxylation sites is 1. The van der Waals surface area contributed by atoms with Crippen molar-refractivity contribution in [1.82, 2.24) is 9.88 Å². The van der Waals surface area contributed by atoms with Crippen molar-refractivity contribution in [2.24, 2.45) is 0 Å². The molecule has 1 fully saturated rings. The summed E-state index contributed by atoms with van der Waals surface area (Å²) in [5.41, 5.74) is 5.69. The lowest BCUT2D eigenvalue weighted by Crippen LogP contribution is -2.31. The normalized spacial score (nSPS) is 18.9. The summed E-state index contributed by atoms with van der Waals surface area (Å²) in [6, 6.07) is 19.5. The molecule has 1 atom stereocenters. The Kier molecular flexibility index (Phi) is 5.80. The molecule has 4 aromatic rings. The van der Waals surface area contributed by atoms with Crippen molar-refractivity contribution in [3.8, 4) is 5.75 Å². The van der Waals surface area contributed by atoms with Crippen LogP contribution in [0, 0.1) is 0 Å². The van der Waals surface area contributed by atoms with Crippen molar-refractivity contribution < 1.29 is 19.8 Å². The molecule has 6 heteroatoms. The van der Waals surface area contributed by atoms with Crippen molar-refractivity contribution in [2.45, 2.75) is 38.1 Å². The monoisotopic (exact) mass is 492 g/mol. The van der Waals surface area contributed by atoms with Gasteiger partial charge >= 0.3 is 0 Å². The van der Waals surface area contributed by atoms with Gasteiger partial charge in [0.25, 0.3) is 11.7 Å². The Labute approximate surface area is 214 Å². The second-order valence-electron chi connectivity index (χ2n) is 9.89. The van der Waals surface area contributed by atoms with E-state index in [0.717, 1.165) is 42.1 Å². The minimum absolute atomic E-state index is 0.0356. The maximum absolute atomic E-state index is 13.4. The molecule has 1 saturated heterocycles. The molecule has 3 N–H and O–H groups in total. The average molecular weight is 493 g/mol. The Morgan fingerprint density at radius 1 is 0.946 bits per heavy atom. The molecule has 0 spiro atoms. The zero-order chi connectivity index (χ0) is 25.5. The predicted octanol–water partition coefficient (Wildman–Crippen LogP) is 5.42. The number of amides is 1. The molecular formula is C31H28N2O4. The summed E-state index contributed by atoms with van der Waals surface area (Å²) in [6.07, 6.45) is 6.66. The molecule has 0 bridgehead atoms. The minimum atomic E-state index is -0.798. The fourth-order valence-electron chi connectivity index (χ4n) is 5.77. The zero-order valence-electron chi connectivity index (χ0n) is 20.4. The lowest BCUT2D eigenvalue weighted by Gasteiger charge is -2.25. The van der Waals surface area contributed by atoms with E-state index in [2.05, 4.69) is 4.98 Å². The summed E-state index contributed by atoms with van der Waals surface area (Å²) < 4.78 is 0. The van der Waals surface area contributed by atoms with E-state index < -0.39 is 17.7 Å². The molecule has 6 nitrogen and oxygen atoms in total. The SMILES string of the molecule is O=C1C(=O)N(CCc2c[nH]c3ccccc23)C(c2cccc(O)c2)/C1=C(/O)c1ccc2c(c1)CCCC2. The molecule has 3 aromatic carbocycles. The number of nitrogens with one attached hydrogen (secondary N) is 1. The first-order chi connectivity index (χ1) is 18.0. The number of fused-ring (bicyclic) bond motifs is 2. The highest BCUT2D eigenvalue weighted by atomic mass is 16.3. The summed E-state index contributed by atoms with van der Waals surface area (Å²) in [6.45, 7) is 0.285.